The molecule has 0 bridgehead atoms. The van der Waals surface area contributed by atoms with Crippen molar-refractivity contribution < 1.29 is 0 Å². The van der Waals surface area contributed by atoms with E-state index in [9.17, 15) is 0 Å². The van der Waals surface area contributed by atoms with Gasteiger partial charge in [0.25, 0.3) is 0 Å². The average molecular weight is 165 g/mol. The summed E-state index contributed by atoms with van der Waals surface area (Å²) in [5.74, 6) is 0. The molecule has 0 unspecified atom stereocenters. The highest BCUT2D eigenvalue weighted by Crippen LogP contribution is 2.15. The second kappa shape index (κ2) is 2.20. The van der Waals surface area contributed by atoms with Gasteiger partial charge in [0.15, 0.2) is 0 Å². The van der Waals surface area contributed by atoms with Crippen LogP contribution in [0.15, 0.2) is 17.3 Å². The van der Waals surface area contributed by atoms with Crippen LogP contribution in [-0.4, -0.2) is 10.3 Å². The molecule has 0 radical (unpaired) electrons. The van der Waals surface area contributed by atoms with Gasteiger partial charge in [-0.05, 0) is 13.0 Å². The van der Waals surface area contributed by atoms with Gasteiger partial charge in [-0.1, -0.05) is 23.2 Å². The van der Waals surface area contributed by atoms with E-state index in [1.165, 1.54) is 0 Å². The molecule has 2 nitrogen and oxygen atoms in total. The highest BCUT2D eigenvalue weighted by Gasteiger charge is 2.18. The van der Waals surface area contributed by atoms with Crippen molar-refractivity contribution >= 4 is 28.4 Å². The molecule has 0 saturated carbocycles. The molecular formula is C5H6Cl2N2. The molecule has 0 amide bonds. The van der Waals surface area contributed by atoms with Crippen molar-refractivity contribution in [3.63, 3.8) is 0 Å². The molecule has 1 N–H and O–H groups in total. The molecule has 0 spiro atoms. The van der Waals surface area contributed by atoms with Crippen molar-refractivity contribution in [2.45, 2.75) is 12.0 Å². The van der Waals surface area contributed by atoms with Gasteiger partial charge in [-0.25, -0.2) is 4.99 Å². The Labute approximate surface area is 63.6 Å². The number of hydrogen-bond donors (Lipinski definition) is 1. The first-order valence-corrected chi connectivity index (χ1v) is 3.24. The van der Waals surface area contributed by atoms with Gasteiger partial charge in [0, 0.05) is 6.20 Å². The molecule has 0 aromatic heterocycles. The lowest BCUT2D eigenvalue weighted by Gasteiger charge is -2.20. The van der Waals surface area contributed by atoms with Gasteiger partial charge in [-0.15, -0.1) is 0 Å². The Morgan fingerprint density at radius 2 is 2.44 bits per heavy atom. The van der Waals surface area contributed by atoms with E-state index < -0.39 is 5.12 Å². The second-order valence-corrected chi connectivity index (χ2v) is 2.99. The van der Waals surface area contributed by atoms with Crippen LogP contribution in [0.2, 0.25) is 0 Å². The predicted molar refractivity (Wildman–Crippen MR) is 39.8 cm³/mol. The fourth-order valence-electron chi connectivity index (χ4n) is 0.533. The SMILES string of the molecule is C[C@@]1(Cl)N=C(Cl)C=CN1. The van der Waals surface area contributed by atoms with Crippen LogP contribution in [0.5, 0.6) is 0 Å². The van der Waals surface area contributed by atoms with Crippen molar-refractivity contribution in [1.82, 2.24) is 5.32 Å². The molecule has 1 aliphatic rings. The summed E-state index contributed by atoms with van der Waals surface area (Å²) in [6.07, 6.45) is 3.31. The minimum Gasteiger partial charge on any atom is -0.355 e. The van der Waals surface area contributed by atoms with E-state index in [-0.39, 0.29) is 0 Å². The summed E-state index contributed by atoms with van der Waals surface area (Å²) >= 11 is 11.3. The normalized spacial score (nSPS) is 33.4. The highest BCUT2D eigenvalue weighted by molar-refractivity contribution is 6.68. The van der Waals surface area contributed by atoms with Gasteiger partial charge < -0.3 is 5.32 Å². The van der Waals surface area contributed by atoms with Crippen LogP contribution < -0.4 is 5.32 Å². The first kappa shape index (κ1) is 6.90. The number of nitrogens with zero attached hydrogens (tertiary/aromatic N) is 1. The Bertz CT molecular complexity index is 172. The molecule has 0 aliphatic carbocycles. The van der Waals surface area contributed by atoms with Crippen molar-refractivity contribution in [1.29, 1.82) is 0 Å². The Morgan fingerprint density at radius 1 is 1.78 bits per heavy atom. The quantitative estimate of drug-likeness (QED) is 0.428. The van der Waals surface area contributed by atoms with Gasteiger partial charge in [0.1, 0.15) is 5.17 Å². The summed E-state index contributed by atoms with van der Waals surface area (Å²) in [6, 6.07) is 0. The van der Waals surface area contributed by atoms with Gasteiger partial charge in [-0.2, -0.15) is 0 Å². The third-order valence-corrected chi connectivity index (χ3v) is 1.29. The largest absolute Gasteiger partial charge is 0.355 e. The maximum Gasteiger partial charge on any atom is 0.204 e. The zero-order chi connectivity index (χ0) is 6.91. The number of alkyl halides is 1. The molecule has 1 heterocycles. The van der Waals surface area contributed by atoms with Crippen LogP contribution in [0.25, 0.3) is 0 Å². The fraction of sp³-hybridized carbons (Fsp3) is 0.400. The van der Waals surface area contributed by atoms with E-state index in [2.05, 4.69) is 10.3 Å². The summed E-state index contributed by atoms with van der Waals surface area (Å²) in [7, 11) is 0. The summed E-state index contributed by atoms with van der Waals surface area (Å²) in [6.45, 7) is 1.72. The zero-order valence-corrected chi connectivity index (χ0v) is 6.37. The summed E-state index contributed by atoms with van der Waals surface area (Å²) in [4.78, 5) is 3.86. The third kappa shape index (κ3) is 1.88. The van der Waals surface area contributed by atoms with Crippen LogP contribution in [0.3, 0.4) is 0 Å². The van der Waals surface area contributed by atoms with Gasteiger partial charge in [0.2, 0.25) is 5.12 Å². The molecule has 0 aromatic carbocycles. The predicted octanol–water partition coefficient (Wildman–Crippen LogP) is 1.65. The maximum atomic E-state index is 5.73. The first-order chi connectivity index (χ1) is 4.10. The van der Waals surface area contributed by atoms with Crippen LogP contribution in [0.4, 0.5) is 0 Å². The lowest BCUT2D eigenvalue weighted by atomic mass is 10.5. The summed E-state index contributed by atoms with van der Waals surface area (Å²) in [5.41, 5.74) is 0. The van der Waals surface area contributed by atoms with Crippen LogP contribution in [0, 0.1) is 0 Å². The standard InChI is InChI=1S/C5H6Cl2N2/c1-5(7)8-3-2-4(6)9-5/h2-3,8H,1H3/t5-/m0/s1. The Balaban J connectivity index is 2.78. The second-order valence-electron chi connectivity index (χ2n) is 1.87. The van der Waals surface area contributed by atoms with E-state index in [0.29, 0.717) is 5.17 Å². The van der Waals surface area contributed by atoms with E-state index in [4.69, 9.17) is 23.2 Å². The number of halogens is 2. The number of nitrogens with one attached hydrogen (secondary N) is 1. The third-order valence-electron chi connectivity index (χ3n) is 0.884. The lowest BCUT2D eigenvalue weighted by Crippen LogP contribution is -2.33. The molecule has 0 saturated heterocycles. The molecule has 1 aliphatic heterocycles. The number of rotatable bonds is 0. The van der Waals surface area contributed by atoms with E-state index >= 15 is 0 Å². The fourth-order valence-corrected chi connectivity index (χ4v) is 0.962. The van der Waals surface area contributed by atoms with Crippen molar-refractivity contribution in [2.24, 2.45) is 4.99 Å². The zero-order valence-electron chi connectivity index (χ0n) is 4.86. The molecule has 4 heteroatoms. The minimum absolute atomic E-state index is 0.422. The van der Waals surface area contributed by atoms with Gasteiger partial charge >= 0.3 is 0 Å². The van der Waals surface area contributed by atoms with Crippen LogP contribution >= 0.6 is 23.2 Å². The Morgan fingerprint density at radius 3 is 2.78 bits per heavy atom. The Kier molecular flexibility index (Phi) is 1.68. The lowest BCUT2D eigenvalue weighted by molar-refractivity contribution is 0.594. The average Bonchev–Trinajstić information content (AvgIpc) is 1.60. The van der Waals surface area contributed by atoms with Gasteiger partial charge in [-0.3, -0.25) is 0 Å². The van der Waals surface area contributed by atoms with E-state index in [1.54, 1.807) is 19.2 Å². The molecular weight excluding hydrogens is 159 g/mol. The molecule has 0 fully saturated rings. The molecule has 50 valence electrons. The number of hydrogen-bond acceptors (Lipinski definition) is 2. The van der Waals surface area contributed by atoms with Crippen LogP contribution in [0.1, 0.15) is 6.92 Å². The Hall–Kier alpha value is -0.210. The van der Waals surface area contributed by atoms with Gasteiger partial charge in [0.05, 0.1) is 0 Å². The summed E-state index contributed by atoms with van der Waals surface area (Å²) < 4.78 is 0. The molecule has 9 heavy (non-hydrogen) atoms. The molecule has 1 atom stereocenters. The number of aliphatic imine (C=N–C) groups is 1. The van der Waals surface area contributed by atoms with E-state index in [1.807, 2.05) is 0 Å². The van der Waals surface area contributed by atoms with Crippen LogP contribution in [-0.2, 0) is 0 Å². The topological polar surface area (TPSA) is 24.4 Å². The highest BCUT2D eigenvalue weighted by atomic mass is 35.5. The smallest absolute Gasteiger partial charge is 0.204 e. The van der Waals surface area contributed by atoms with E-state index in [0.717, 1.165) is 0 Å². The maximum absolute atomic E-state index is 5.73. The molecule has 1 rings (SSSR count). The minimum atomic E-state index is -0.758. The summed E-state index contributed by atoms with van der Waals surface area (Å²) in [5, 5.41) is 2.47. The van der Waals surface area contributed by atoms with Crippen molar-refractivity contribution in [3.8, 4) is 0 Å². The number of allylic oxidation sites excluding steroid dienone is 1. The van der Waals surface area contributed by atoms with Crippen molar-refractivity contribution in [3.05, 3.63) is 12.3 Å². The monoisotopic (exact) mass is 164 g/mol. The van der Waals surface area contributed by atoms with Crippen molar-refractivity contribution in [2.75, 3.05) is 0 Å². The molecule has 0 aromatic rings. The first-order valence-electron chi connectivity index (χ1n) is 2.49.